The molecular formula is C27H26N2O6. The van der Waals surface area contributed by atoms with Crippen LogP contribution in [0.15, 0.2) is 72.4 Å². The fourth-order valence-corrected chi connectivity index (χ4v) is 3.56. The summed E-state index contributed by atoms with van der Waals surface area (Å²) in [6, 6.07) is 19.6. The average molecular weight is 475 g/mol. The first kappa shape index (κ1) is 23.7. The second-order valence-electron chi connectivity index (χ2n) is 7.69. The van der Waals surface area contributed by atoms with E-state index < -0.39 is 5.91 Å². The number of carbonyl (C=O) groups is 2. The van der Waals surface area contributed by atoms with Crippen LogP contribution >= 0.6 is 0 Å². The Morgan fingerprint density at radius 2 is 1.69 bits per heavy atom. The third-order valence-corrected chi connectivity index (χ3v) is 5.38. The van der Waals surface area contributed by atoms with Crippen LogP contribution in [0.1, 0.15) is 21.5 Å². The van der Waals surface area contributed by atoms with E-state index in [0.717, 1.165) is 5.56 Å². The van der Waals surface area contributed by atoms with E-state index in [2.05, 4.69) is 10.6 Å². The Bertz CT molecular complexity index is 1240. The Morgan fingerprint density at radius 1 is 0.914 bits per heavy atom. The first-order chi connectivity index (χ1) is 17.1. The van der Waals surface area contributed by atoms with E-state index in [9.17, 15) is 9.59 Å². The van der Waals surface area contributed by atoms with Crippen molar-refractivity contribution < 1.29 is 28.5 Å². The van der Waals surface area contributed by atoms with Crippen molar-refractivity contribution in [2.45, 2.75) is 6.42 Å². The minimum atomic E-state index is -0.410. The maximum Gasteiger partial charge on any atom is 0.267 e. The predicted molar refractivity (Wildman–Crippen MR) is 131 cm³/mol. The molecular weight excluding hydrogens is 448 g/mol. The lowest BCUT2D eigenvalue weighted by atomic mass is 10.1. The van der Waals surface area contributed by atoms with Gasteiger partial charge in [0.15, 0.2) is 23.0 Å². The molecule has 2 N–H and O–H groups in total. The molecule has 0 aliphatic carbocycles. The molecule has 2 amide bonds. The van der Waals surface area contributed by atoms with Gasteiger partial charge in [-0.15, -0.1) is 0 Å². The van der Waals surface area contributed by atoms with Crippen LogP contribution in [0.5, 0.6) is 23.0 Å². The van der Waals surface area contributed by atoms with Gasteiger partial charge < -0.3 is 29.6 Å². The van der Waals surface area contributed by atoms with Gasteiger partial charge in [0.25, 0.3) is 11.8 Å². The number of nitrogens with one attached hydrogen (secondary N) is 2. The van der Waals surface area contributed by atoms with E-state index in [1.54, 1.807) is 62.8 Å². The number of amides is 2. The van der Waals surface area contributed by atoms with Crippen molar-refractivity contribution in [3.05, 3.63) is 89.1 Å². The van der Waals surface area contributed by atoms with E-state index in [1.807, 2.05) is 24.3 Å². The third-order valence-electron chi connectivity index (χ3n) is 5.38. The lowest BCUT2D eigenvalue weighted by Crippen LogP contribution is -2.35. The van der Waals surface area contributed by atoms with Gasteiger partial charge in [-0.1, -0.05) is 30.3 Å². The summed E-state index contributed by atoms with van der Waals surface area (Å²) in [5.74, 6) is 1.69. The number of ether oxygens (including phenoxy) is 4. The molecule has 0 radical (unpaired) electrons. The predicted octanol–water partition coefficient (Wildman–Crippen LogP) is 3.56. The molecule has 0 bridgehead atoms. The SMILES string of the molecule is COc1ccc(CCNC(=O)C(=Cc2ccc3c(c2)OCO3)NC(=O)c2ccccc2)cc1OC. The fraction of sp³-hybridized carbons (Fsp3) is 0.185. The van der Waals surface area contributed by atoms with Gasteiger partial charge in [-0.25, -0.2) is 0 Å². The second kappa shape index (κ2) is 11.1. The van der Waals surface area contributed by atoms with E-state index in [-0.39, 0.29) is 18.4 Å². The van der Waals surface area contributed by atoms with E-state index in [4.69, 9.17) is 18.9 Å². The van der Waals surface area contributed by atoms with Gasteiger partial charge in [-0.3, -0.25) is 9.59 Å². The van der Waals surface area contributed by atoms with Crippen molar-refractivity contribution in [1.29, 1.82) is 0 Å². The van der Waals surface area contributed by atoms with Crippen molar-refractivity contribution in [2.75, 3.05) is 27.6 Å². The Labute approximate surface area is 203 Å². The van der Waals surface area contributed by atoms with Crippen LogP contribution in [-0.4, -0.2) is 39.4 Å². The zero-order valence-electron chi connectivity index (χ0n) is 19.5. The fourth-order valence-electron chi connectivity index (χ4n) is 3.56. The Balaban J connectivity index is 1.49. The molecule has 1 heterocycles. The number of fused-ring (bicyclic) bond motifs is 1. The second-order valence-corrected chi connectivity index (χ2v) is 7.69. The van der Waals surface area contributed by atoms with Crippen molar-refractivity contribution in [3.63, 3.8) is 0 Å². The molecule has 180 valence electrons. The standard InChI is InChI=1S/C27H26N2O6/c1-32-22-10-8-18(15-24(22)33-2)12-13-28-27(31)21(29-26(30)20-6-4-3-5-7-20)14-19-9-11-23-25(16-19)35-17-34-23/h3-11,14-16H,12-13,17H2,1-2H3,(H,28,31)(H,29,30). The molecule has 0 spiro atoms. The largest absolute Gasteiger partial charge is 0.493 e. The Morgan fingerprint density at radius 3 is 2.46 bits per heavy atom. The molecule has 0 unspecified atom stereocenters. The highest BCUT2D eigenvalue weighted by molar-refractivity contribution is 6.05. The van der Waals surface area contributed by atoms with Crippen LogP contribution in [0.4, 0.5) is 0 Å². The maximum atomic E-state index is 13.1. The first-order valence-electron chi connectivity index (χ1n) is 11.0. The molecule has 4 rings (SSSR count). The molecule has 8 heteroatoms. The van der Waals surface area contributed by atoms with Crippen molar-refractivity contribution in [1.82, 2.24) is 10.6 Å². The molecule has 0 saturated carbocycles. The summed E-state index contributed by atoms with van der Waals surface area (Å²) >= 11 is 0. The quantitative estimate of drug-likeness (QED) is 0.461. The Kier molecular flexibility index (Phi) is 7.52. The molecule has 1 aliphatic rings. The number of carbonyl (C=O) groups excluding carboxylic acids is 2. The van der Waals surface area contributed by atoms with Gasteiger partial charge in [0.2, 0.25) is 6.79 Å². The van der Waals surface area contributed by atoms with Crippen molar-refractivity contribution in [2.24, 2.45) is 0 Å². The zero-order valence-corrected chi connectivity index (χ0v) is 19.5. The minimum Gasteiger partial charge on any atom is -0.493 e. The molecule has 0 fully saturated rings. The van der Waals surface area contributed by atoms with Gasteiger partial charge in [0.05, 0.1) is 14.2 Å². The van der Waals surface area contributed by atoms with E-state index in [0.29, 0.717) is 47.1 Å². The van der Waals surface area contributed by atoms with Crippen LogP contribution in [0.2, 0.25) is 0 Å². The van der Waals surface area contributed by atoms with Crippen molar-refractivity contribution >= 4 is 17.9 Å². The van der Waals surface area contributed by atoms with Crippen LogP contribution in [0.3, 0.4) is 0 Å². The highest BCUT2D eigenvalue weighted by Crippen LogP contribution is 2.33. The maximum absolute atomic E-state index is 13.1. The van der Waals surface area contributed by atoms with E-state index in [1.165, 1.54) is 0 Å². The normalized spacial score (nSPS) is 12.1. The van der Waals surface area contributed by atoms with Gasteiger partial charge in [0.1, 0.15) is 5.70 Å². The molecule has 35 heavy (non-hydrogen) atoms. The lowest BCUT2D eigenvalue weighted by molar-refractivity contribution is -0.117. The molecule has 1 aliphatic heterocycles. The van der Waals surface area contributed by atoms with Gasteiger partial charge >= 0.3 is 0 Å². The summed E-state index contributed by atoms with van der Waals surface area (Å²) in [6.07, 6.45) is 2.17. The van der Waals surface area contributed by atoms with E-state index >= 15 is 0 Å². The van der Waals surface area contributed by atoms with Gasteiger partial charge in [-0.2, -0.15) is 0 Å². The number of hydrogen-bond acceptors (Lipinski definition) is 6. The number of rotatable bonds is 9. The number of methoxy groups -OCH3 is 2. The molecule has 0 saturated heterocycles. The summed E-state index contributed by atoms with van der Waals surface area (Å²) in [6.45, 7) is 0.505. The molecule has 3 aromatic carbocycles. The topological polar surface area (TPSA) is 95.1 Å². The summed E-state index contributed by atoms with van der Waals surface area (Å²) in [5, 5.41) is 5.61. The first-order valence-corrected chi connectivity index (χ1v) is 11.0. The Hall–Kier alpha value is -4.46. The molecule has 8 nitrogen and oxygen atoms in total. The minimum absolute atomic E-state index is 0.116. The summed E-state index contributed by atoms with van der Waals surface area (Å²) in [5.41, 5.74) is 2.22. The summed E-state index contributed by atoms with van der Waals surface area (Å²) in [7, 11) is 3.15. The third kappa shape index (κ3) is 5.92. The lowest BCUT2D eigenvalue weighted by Gasteiger charge is -2.12. The number of benzene rings is 3. The van der Waals surface area contributed by atoms with Crippen molar-refractivity contribution in [3.8, 4) is 23.0 Å². The van der Waals surface area contributed by atoms with Crippen LogP contribution in [0, 0.1) is 0 Å². The highest BCUT2D eigenvalue weighted by Gasteiger charge is 2.17. The molecule has 0 atom stereocenters. The van der Waals surface area contributed by atoms with Crippen LogP contribution in [0.25, 0.3) is 6.08 Å². The smallest absolute Gasteiger partial charge is 0.267 e. The van der Waals surface area contributed by atoms with Gasteiger partial charge in [0, 0.05) is 12.1 Å². The summed E-state index contributed by atoms with van der Waals surface area (Å²) in [4.78, 5) is 25.8. The summed E-state index contributed by atoms with van der Waals surface area (Å²) < 4.78 is 21.4. The molecule has 3 aromatic rings. The monoisotopic (exact) mass is 474 g/mol. The number of hydrogen-bond donors (Lipinski definition) is 2. The average Bonchev–Trinajstić information content (AvgIpc) is 3.36. The molecule has 0 aromatic heterocycles. The van der Waals surface area contributed by atoms with Gasteiger partial charge in [-0.05, 0) is 60.0 Å². The van der Waals surface area contributed by atoms with Crippen LogP contribution < -0.4 is 29.6 Å². The highest BCUT2D eigenvalue weighted by atomic mass is 16.7. The zero-order chi connectivity index (χ0) is 24.6. The van der Waals surface area contributed by atoms with Crippen LogP contribution in [-0.2, 0) is 11.2 Å².